The van der Waals surface area contributed by atoms with E-state index in [0.29, 0.717) is 5.92 Å². The van der Waals surface area contributed by atoms with Crippen molar-refractivity contribution in [3.05, 3.63) is 29.8 Å². The molecule has 3 nitrogen and oxygen atoms in total. The Balaban J connectivity index is 1.87. The summed E-state index contributed by atoms with van der Waals surface area (Å²) in [7, 11) is 0. The maximum atomic E-state index is 11.7. The second-order valence-electron chi connectivity index (χ2n) is 6.69. The summed E-state index contributed by atoms with van der Waals surface area (Å²) in [4.78, 5) is 11.7. The number of carbonyl (C=O) groups excluding carboxylic acids is 1. The Bertz CT molecular complexity index is 453. The van der Waals surface area contributed by atoms with Gasteiger partial charge < -0.3 is 4.74 Å². The van der Waals surface area contributed by atoms with E-state index in [1.807, 2.05) is 32.9 Å². The average molecular weight is 275 g/mol. The van der Waals surface area contributed by atoms with Gasteiger partial charge in [-0.3, -0.25) is 5.32 Å². The van der Waals surface area contributed by atoms with Crippen LogP contribution in [0, 0.1) is 5.92 Å². The number of benzene rings is 1. The molecule has 1 saturated carbocycles. The molecule has 0 aromatic heterocycles. The first-order valence-corrected chi connectivity index (χ1v) is 7.47. The molecular formula is C17H25NO2. The third-order valence-electron chi connectivity index (χ3n) is 3.84. The molecule has 0 saturated heterocycles. The molecule has 0 heterocycles. The van der Waals surface area contributed by atoms with Crippen LogP contribution < -0.4 is 5.32 Å². The van der Waals surface area contributed by atoms with Crippen molar-refractivity contribution in [2.45, 2.75) is 58.5 Å². The van der Waals surface area contributed by atoms with E-state index in [1.54, 1.807) is 0 Å². The molecule has 1 amide bonds. The monoisotopic (exact) mass is 275 g/mol. The van der Waals surface area contributed by atoms with Gasteiger partial charge in [0.25, 0.3) is 0 Å². The second-order valence-corrected chi connectivity index (χ2v) is 6.69. The largest absolute Gasteiger partial charge is 0.444 e. The quantitative estimate of drug-likeness (QED) is 0.848. The molecule has 3 heteroatoms. The van der Waals surface area contributed by atoms with Gasteiger partial charge in [0.15, 0.2) is 0 Å². The summed E-state index contributed by atoms with van der Waals surface area (Å²) in [6.07, 6.45) is 3.49. The molecule has 1 aliphatic carbocycles. The predicted octanol–water partition coefficient (Wildman–Crippen LogP) is 4.94. The fourth-order valence-corrected chi connectivity index (χ4v) is 2.60. The SMILES string of the molecule is CCC1CC(c2ccc(NC(=O)OC(C)(C)C)cc2)C1. The maximum absolute atomic E-state index is 11.7. The molecule has 1 fully saturated rings. The molecule has 0 spiro atoms. The summed E-state index contributed by atoms with van der Waals surface area (Å²) >= 11 is 0. The Morgan fingerprint density at radius 2 is 1.85 bits per heavy atom. The van der Waals surface area contributed by atoms with E-state index in [-0.39, 0.29) is 0 Å². The molecule has 0 atom stereocenters. The third-order valence-corrected chi connectivity index (χ3v) is 3.84. The topological polar surface area (TPSA) is 38.3 Å². The van der Waals surface area contributed by atoms with Gasteiger partial charge in [0.1, 0.15) is 5.60 Å². The van der Waals surface area contributed by atoms with E-state index in [1.165, 1.54) is 24.8 Å². The molecule has 1 aromatic rings. The lowest BCUT2D eigenvalue weighted by Crippen LogP contribution is -2.27. The molecule has 20 heavy (non-hydrogen) atoms. The highest BCUT2D eigenvalue weighted by Crippen LogP contribution is 2.43. The van der Waals surface area contributed by atoms with Crippen molar-refractivity contribution in [1.29, 1.82) is 0 Å². The minimum Gasteiger partial charge on any atom is -0.444 e. The van der Waals surface area contributed by atoms with Gasteiger partial charge >= 0.3 is 6.09 Å². The Labute approximate surface area is 121 Å². The summed E-state index contributed by atoms with van der Waals surface area (Å²) in [5.41, 5.74) is 1.70. The fraction of sp³-hybridized carbons (Fsp3) is 0.588. The van der Waals surface area contributed by atoms with Crippen molar-refractivity contribution in [3.63, 3.8) is 0 Å². The summed E-state index contributed by atoms with van der Waals surface area (Å²) in [6.45, 7) is 7.83. The van der Waals surface area contributed by atoms with Crippen molar-refractivity contribution in [1.82, 2.24) is 0 Å². The Hall–Kier alpha value is -1.51. The minimum atomic E-state index is -0.467. The lowest BCUT2D eigenvalue weighted by molar-refractivity contribution is 0.0636. The van der Waals surface area contributed by atoms with E-state index in [2.05, 4.69) is 24.4 Å². The molecule has 1 N–H and O–H groups in total. The van der Waals surface area contributed by atoms with Crippen LogP contribution in [0.4, 0.5) is 10.5 Å². The highest BCUT2D eigenvalue weighted by Gasteiger charge is 2.28. The van der Waals surface area contributed by atoms with Crippen LogP contribution in [0.5, 0.6) is 0 Å². The lowest BCUT2D eigenvalue weighted by Gasteiger charge is -2.35. The first kappa shape index (κ1) is 14.9. The molecule has 0 bridgehead atoms. The van der Waals surface area contributed by atoms with Gasteiger partial charge in [-0.1, -0.05) is 25.5 Å². The number of anilines is 1. The number of nitrogens with one attached hydrogen (secondary N) is 1. The van der Waals surface area contributed by atoms with Crippen molar-refractivity contribution >= 4 is 11.8 Å². The van der Waals surface area contributed by atoms with Crippen molar-refractivity contribution in [3.8, 4) is 0 Å². The standard InChI is InChI=1S/C17H25NO2/c1-5-12-10-14(11-12)13-6-8-15(9-7-13)18-16(19)20-17(2,3)4/h6-9,12,14H,5,10-11H2,1-4H3,(H,18,19). The van der Waals surface area contributed by atoms with Gasteiger partial charge in [-0.15, -0.1) is 0 Å². The number of ether oxygens (including phenoxy) is 1. The van der Waals surface area contributed by atoms with Crippen LogP contribution in [0.25, 0.3) is 0 Å². The van der Waals surface area contributed by atoms with Crippen LogP contribution in [0.3, 0.4) is 0 Å². The number of carbonyl (C=O) groups is 1. The lowest BCUT2D eigenvalue weighted by atomic mass is 9.70. The zero-order valence-electron chi connectivity index (χ0n) is 12.9. The van der Waals surface area contributed by atoms with E-state index in [4.69, 9.17) is 4.74 Å². The molecule has 110 valence electrons. The van der Waals surface area contributed by atoms with Gasteiger partial charge in [0.05, 0.1) is 0 Å². The summed E-state index contributed by atoms with van der Waals surface area (Å²) in [5.74, 6) is 1.61. The molecule has 0 radical (unpaired) electrons. The second kappa shape index (κ2) is 5.86. The minimum absolute atomic E-state index is 0.403. The van der Waals surface area contributed by atoms with Gasteiger partial charge in [-0.25, -0.2) is 4.79 Å². The molecule has 0 unspecified atom stereocenters. The van der Waals surface area contributed by atoms with Gasteiger partial charge in [-0.05, 0) is 63.1 Å². The summed E-state index contributed by atoms with van der Waals surface area (Å²) in [5, 5.41) is 2.76. The number of rotatable bonds is 3. The summed E-state index contributed by atoms with van der Waals surface area (Å²) < 4.78 is 5.23. The number of hydrogen-bond acceptors (Lipinski definition) is 2. The first-order chi connectivity index (χ1) is 9.37. The number of amides is 1. The first-order valence-electron chi connectivity index (χ1n) is 7.47. The smallest absolute Gasteiger partial charge is 0.412 e. The highest BCUT2D eigenvalue weighted by molar-refractivity contribution is 5.84. The fourth-order valence-electron chi connectivity index (χ4n) is 2.60. The van der Waals surface area contributed by atoms with E-state index < -0.39 is 11.7 Å². The Morgan fingerprint density at radius 1 is 1.25 bits per heavy atom. The van der Waals surface area contributed by atoms with E-state index in [9.17, 15) is 4.79 Å². The van der Waals surface area contributed by atoms with Crippen LogP contribution in [0.15, 0.2) is 24.3 Å². The van der Waals surface area contributed by atoms with Crippen LogP contribution >= 0.6 is 0 Å². The van der Waals surface area contributed by atoms with Crippen LogP contribution in [-0.2, 0) is 4.74 Å². The Morgan fingerprint density at radius 3 is 2.35 bits per heavy atom. The van der Waals surface area contributed by atoms with Crippen molar-refractivity contribution in [2.24, 2.45) is 5.92 Å². The maximum Gasteiger partial charge on any atom is 0.412 e. The normalized spacial score (nSPS) is 22.0. The van der Waals surface area contributed by atoms with Gasteiger partial charge in [0, 0.05) is 5.69 Å². The van der Waals surface area contributed by atoms with Crippen LogP contribution in [-0.4, -0.2) is 11.7 Å². The van der Waals surface area contributed by atoms with Crippen molar-refractivity contribution < 1.29 is 9.53 Å². The molecule has 1 aromatic carbocycles. The average Bonchev–Trinajstić information content (AvgIpc) is 2.27. The predicted molar refractivity (Wildman–Crippen MR) is 82.1 cm³/mol. The van der Waals surface area contributed by atoms with Crippen molar-refractivity contribution in [2.75, 3.05) is 5.32 Å². The Kier molecular flexibility index (Phi) is 4.36. The van der Waals surface area contributed by atoms with Crippen LogP contribution in [0.2, 0.25) is 0 Å². The molecular weight excluding hydrogens is 250 g/mol. The zero-order valence-corrected chi connectivity index (χ0v) is 12.9. The van der Waals surface area contributed by atoms with Gasteiger partial charge in [0.2, 0.25) is 0 Å². The van der Waals surface area contributed by atoms with Gasteiger partial charge in [-0.2, -0.15) is 0 Å². The highest BCUT2D eigenvalue weighted by atomic mass is 16.6. The molecule has 2 rings (SSSR count). The third kappa shape index (κ3) is 3.99. The number of hydrogen-bond donors (Lipinski definition) is 1. The summed E-state index contributed by atoms with van der Waals surface area (Å²) in [6, 6.07) is 8.14. The van der Waals surface area contributed by atoms with E-state index >= 15 is 0 Å². The van der Waals surface area contributed by atoms with E-state index in [0.717, 1.165) is 11.6 Å². The van der Waals surface area contributed by atoms with Crippen LogP contribution in [0.1, 0.15) is 58.4 Å². The zero-order chi connectivity index (χ0) is 14.8. The molecule has 0 aliphatic heterocycles. The molecule has 1 aliphatic rings.